The van der Waals surface area contributed by atoms with Gasteiger partial charge in [-0.3, -0.25) is 71.0 Å². The average Bonchev–Trinajstić information content (AvgIpc) is 1.63. The first kappa shape index (κ1) is 83.6. The summed E-state index contributed by atoms with van der Waals surface area (Å²) >= 11 is 31.4. The Kier molecular flexibility index (Phi) is 25.7. The van der Waals surface area contributed by atoms with E-state index < -0.39 is 191 Å². The van der Waals surface area contributed by atoms with Crippen molar-refractivity contribution in [2.75, 3.05) is 50.2 Å². The van der Waals surface area contributed by atoms with E-state index in [1.807, 2.05) is 13.8 Å². The second-order valence-corrected chi connectivity index (χ2v) is 42.8. The van der Waals surface area contributed by atoms with Crippen molar-refractivity contribution in [3.63, 3.8) is 0 Å². The predicted octanol–water partition coefficient (Wildman–Crippen LogP) is 2.57. The molecular formula is C55H76N17O26P5S6. The van der Waals surface area contributed by atoms with Crippen molar-refractivity contribution >= 4 is 144 Å². The Morgan fingerprint density at radius 1 is 0.523 bits per heavy atom. The highest BCUT2D eigenvalue weighted by molar-refractivity contribution is 8.60. The molecule has 5 aliphatic rings. The second kappa shape index (κ2) is 33.5. The summed E-state index contributed by atoms with van der Waals surface area (Å²) in [6.07, 6.45) is -10.9. The molecule has 20 atom stereocenters. The third-order valence-corrected chi connectivity index (χ3v) is 26.7. The number of anilines is 3. The summed E-state index contributed by atoms with van der Waals surface area (Å²) in [5.41, 5.74) is 8.62. The number of nitrogens with two attached hydrogens (primary N) is 3. The highest BCUT2D eigenvalue weighted by Gasteiger charge is 2.49. The number of ether oxygens (including phenoxy) is 5. The minimum Gasteiger partial charge on any atom is -0.383 e. The molecule has 0 aliphatic carbocycles. The molecule has 12 rings (SSSR count). The average molecular weight is 1740 g/mol. The van der Waals surface area contributed by atoms with Gasteiger partial charge in [0.2, 0.25) is 17.6 Å². The Morgan fingerprint density at radius 3 is 1.36 bits per heavy atom. The third-order valence-electron chi connectivity index (χ3n) is 17.9. The third kappa shape index (κ3) is 20.1. The number of nitrogens with one attached hydrogen (secondary N) is 4. The molecule has 5 fully saturated rings. The van der Waals surface area contributed by atoms with Crippen molar-refractivity contribution in [2.45, 2.75) is 166 Å². The van der Waals surface area contributed by atoms with Crippen molar-refractivity contribution in [3.05, 3.63) is 121 Å². The topological polar surface area (TPSA) is 566 Å². The zero-order valence-corrected chi connectivity index (χ0v) is 67.6. The number of aromatic nitrogens is 14. The van der Waals surface area contributed by atoms with Gasteiger partial charge in [-0.2, -0.15) is 15.0 Å². The van der Waals surface area contributed by atoms with Gasteiger partial charge in [0, 0.05) is 55.4 Å². The van der Waals surface area contributed by atoms with Crippen molar-refractivity contribution < 1.29 is 88.2 Å². The molecule has 5 aliphatic heterocycles. The first-order valence-electron chi connectivity index (χ1n) is 33.2. The number of aromatic amines is 4. The summed E-state index contributed by atoms with van der Waals surface area (Å²) < 4.78 is 112. The zero-order valence-electron chi connectivity index (χ0n) is 58.0. The lowest BCUT2D eigenvalue weighted by Gasteiger charge is -2.28. The Labute approximate surface area is 645 Å². The van der Waals surface area contributed by atoms with Crippen LogP contribution in [0.15, 0.2) is 70.9 Å². The van der Waals surface area contributed by atoms with Crippen LogP contribution in [-0.4, -0.2) is 176 Å². The maximum Gasteiger partial charge on any atom is 0.386 e. The molecule has 0 radical (unpaired) electrons. The van der Waals surface area contributed by atoms with E-state index in [0.29, 0.717) is 6.42 Å². The van der Waals surface area contributed by atoms with Gasteiger partial charge in [0.1, 0.15) is 67.5 Å². The summed E-state index contributed by atoms with van der Waals surface area (Å²) in [6.45, 7) is -10.1. The van der Waals surface area contributed by atoms with E-state index in [9.17, 15) is 52.8 Å². The van der Waals surface area contributed by atoms with Gasteiger partial charge in [-0.05, 0) is 99.2 Å². The lowest BCUT2D eigenvalue weighted by Crippen LogP contribution is -2.33. The zero-order chi connectivity index (χ0) is 78.7. The highest BCUT2D eigenvalue weighted by Crippen LogP contribution is 2.60. The van der Waals surface area contributed by atoms with Crippen LogP contribution in [0.3, 0.4) is 0 Å². The molecule has 598 valence electrons. The maximum absolute atomic E-state index is 14.4. The normalized spacial score (nSPS) is 28.8. The van der Waals surface area contributed by atoms with Gasteiger partial charge in [0.25, 0.3) is 22.2 Å². The van der Waals surface area contributed by atoms with E-state index in [2.05, 4.69) is 57.1 Å². The molecule has 12 heterocycles. The van der Waals surface area contributed by atoms with Gasteiger partial charge in [-0.1, -0.05) is 38.3 Å². The molecule has 109 heavy (non-hydrogen) atoms. The highest BCUT2D eigenvalue weighted by atomic mass is 32.9. The fourth-order valence-corrected chi connectivity index (χ4v) is 20.9. The molecule has 0 spiro atoms. The number of nitrogens with zero attached hydrogens (tertiary/aromatic N) is 10. The summed E-state index contributed by atoms with van der Waals surface area (Å²) in [6, 6.07) is 1.45. The summed E-state index contributed by atoms with van der Waals surface area (Å²) in [7, 11) is 0. The van der Waals surface area contributed by atoms with Gasteiger partial charge in [0.15, 0.2) is 22.3 Å². The summed E-state index contributed by atoms with van der Waals surface area (Å²) in [5.74, 6) is -0.702. The van der Waals surface area contributed by atoms with Crippen LogP contribution < -0.4 is 56.5 Å². The number of aryl methyl sites for hydroxylation is 2. The van der Waals surface area contributed by atoms with Gasteiger partial charge < -0.3 is 91.8 Å². The fraction of sp³-hybridized carbons (Fsp3) is 0.600. The molecule has 0 aromatic carbocycles. The van der Waals surface area contributed by atoms with Crippen LogP contribution in [0, 0.1) is 25.7 Å². The minimum absolute atomic E-state index is 0.0109. The van der Waals surface area contributed by atoms with Gasteiger partial charge in [-0.25, -0.2) is 28.9 Å². The predicted molar refractivity (Wildman–Crippen MR) is 406 cm³/mol. The number of hydrogen-bond acceptors (Lipinski definition) is 35. The van der Waals surface area contributed by atoms with Crippen LogP contribution in [0.25, 0.3) is 22.3 Å². The molecule has 54 heteroatoms. The van der Waals surface area contributed by atoms with Gasteiger partial charge in [0.05, 0.1) is 76.2 Å². The van der Waals surface area contributed by atoms with Crippen LogP contribution in [0.4, 0.5) is 17.7 Å². The standard InChI is InChI=1S/C55H76N17O26P5S6/c1-23(2)27-9-38(68-8-7-37(56)61-53(68)77)89-32(27)16-84-100(81,105)96-29-11-40(70-15-26(6)48(74)67-55(70)79)91-36(29)20-88-103(108,109)98-31-13-42(72-22-60-44-46(72)63-52(58)65-50(44)76)93-35(31)19-87-102(83,107)95-28-10-39(69-14-25(5)47(73)66-54(69)78)90-33(28)18-86-101(82,106)97-30-12-41(92-34(30)17-85-99(80,104)94-24(3)4)71-21-59-43-45(71)62-51(57)64-49(43)75/h7-8,14-15,21-24,27-36,38-42H,9-13,16-20H2,1-6H3,(H,80,104)(H,81,105)(H,82,106)(H,83,107)(H,108,109)(H2,56,61,77)(H,66,73,78)(H,67,74,79)(H3,57,62,64,75)(H3,58,63,65,76)/t27-,28+,29+,30+,31+,32+,33+,34+,35+,36+,38+,39+,40+,41+,42+,99?,100?,101?,102?/m0/s1. The lowest BCUT2D eigenvalue weighted by molar-refractivity contribution is -0.0542. The quantitative estimate of drug-likeness (QED) is 0.0219. The maximum atomic E-state index is 14.4. The summed E-state index contributed by atoms with van der Waals surface area (Å²) in [5, 5.41) is 0. The molecule has 0 amide bonds. The summed E-state index contributed by atoms with van der Waals surface area (Å²) in [4.78, 5) is 155. The molecule has 0 bridgehead atoms. The number of thiol groups is 2. The van der Waals surface area contributed by atoms with Crippen molar-refractivity contribution in [2.24, 2.45) is 11.8 Å². The fourth-order valence-electron chi connectivity index (χ4n) is 12.8. The van der Waals surface area contributed by atoms with E-state index in [1.54, 1.807) is 13.8 Å². The second-order valence-electron chi connectivity index (χ2n) is 26.3. The molecule has 0 saturated carbocycles. The molecule has 5 saturated heterocycles. The number of nitrogen functional groups attached to an aromatic ring is 3. The molecule has 43 nitrogen and oxygen atoms in total. The number of rotatable bonds is 31. The molecule has 7 aromatic heterocycles. The molecular weight excluding hydrogens is 1660 g/mol. The van der Waals surface area contributed by atoms with Crippen LogP contribution >= 0.6 is 57.1 Å². The van der Waals surface area contributed by atoms with Crippen molar-refractivity contribution in [1.82, 2.24) is 67.7 Å². The van der Waals surface area contributed by atoms with Gasteiger partial charge in [-0.15, -0.1) is 0 Å². The molecule has 5 unspecified atom stereocenters. The first-order chi connectivity index (χ1) is 51.2. The van der Waals surface area contributed by atoms with E-state index in [0.717, 1.165) is 9.13 Å². The van der Waals surface area contributed by atoms with Crippen LogP contribution in [-0.2, 0) is 121 Å². The number of hydrogen-bond donors (Lipinski definition) is 12. The molecule has 7 aromatic rings. The number of imidazole rings is 2. The van der Waals surface area contributed by atoms with E-state index in [-0.39, 0.29) is 95.3 Å². The number of fused-ring (bicyclic) bond motifs is 2. The van der Waals surface area contributed by atoms with E-state index in [1.165, 1.54) is 64.9 Å². The SMILES string of the molecule is Cc1cn([C@H]2C[C@@H](OP(=O)(S)OC[C@H]3O[C@@H](n4ccc(N)nc4=O)C[C@H]3C(C)C)[C@@H](COP(=S)(S)O[C@@H]3C[C@H](n4cnc5c(=O)[nH]c(N)nc54)O[C@@H]3COP(O)(=S)O[C@@H]3C[C@H](n4cc(C)c(=O)[nH]c4=O)O[C@@H]3COP(O)(=S)O[C@@H]3C[C@H](n4cnc5c(=O)[nH]c(N)nc54)O[C@@H]3COP(O)(=S)OC(C)C)O2)c(=O)[nH]c1=O. The Hall–Kier alpha value is -4.85. The van der Waals surface area contributed by atoms with Crippen LogP contribution in [0.5, 0.6) is 0 Å². The minimum atomic E-state index is -4.60. The lowest BCUT2D eigenvalue weighted by atomic mass is 9.89. The van der Waals surface area contributed by atoms with Crippen LogP contribution in [0.1, 0.15) is 102 Å². The van der Waals surface area contributed by atoms with Crippen molar-refractivity contribution in [1.29, 1.82) is 0 Å². The smallest absolute Gasteiger partial charge is 0.383 e. The van der Waals surface area contributed by atoms with E-state index in [4.69, 9.17) is 146 Å². The Balaban J connectivity index is 0.758. The van der Waals surface area contributed by atoms with Crippen molar-refractivity contribution in [3.8, 4) is 0 Å². The first-order valence-corrected chi connectivity index (χ1v) is 47.4. The van der Waals surface area contributed by atoms with Crippen LogP contribution in [0.2, 0.25) is 0 Å². The largest absolute Gasteiger partial charge is 0.386 e. The Bertz CT molecular complexity index is 5280. The Morgan fingerprint density at radius 2 is 0.917 bits per heavy atom. The van der Waals surface area contributed by atoms with Gasteiger partial charge >= 0.3 is 44.0 Å². The van der Waals surface area contributed by atoms with E-state index >= 15 is 0 Å². The number of H-pyrrole nitrogens is 4. The monoisotopic (exact) mass is 1740 g/mol. The molecule has 13 N–H and O–H groups in total.